The van der Waals surface area contributed by atoms with Crippen molar-refractivity contribution in [1.29, 1.82) is 0 Å². The van der Waals surface area contributed by atoms with Crippen LogP contribution in [-0.2, 0) is 4.43 Å². The zero-order chi connectivity index (χ0) is 18.2. The first-order chi connectivity index (χ1) is 12.0. The van der Waals surface area contributed by atoms with Crippen LogP contribution in [0.15, 0.2) is 60.7 Å². The average Bonchev–Trinajstić information content (AvgIpc) is 2.62. The summed E-state index contributed by atoms with van der Waals surface area (Å²) in [7, 11) is -2.32. The molecule has 2 aromatic rings. The van der Waals surface area contributed by atoms with Gasteiger partial charge in [-0.25, -0.2) is 0 Å². The molecule has 0 amide bonds. The van der Waals surface area contributed by atoms with Gasteiger partial charge in [-0.1, -0.05) is 0 Å². The second-order valence-electron chi connectivity index (χ2n) is 7.93. The van der Waals surface area contributed by atoms with E-state index in [0.717, 1.165) is 13.0 Å². The standard InChI is InChI=1S/C22H31OSi.Li/c1-5-6-7-14-19-23-24(22(2,3)4,20-15-10-8-11-16-20)21-17-12-9-13-18-21;/h8-13,15-18H,1,5-7,14,19H2,2-4H3;. The van der Waals surface area contributed by atoms with Gasteiger partial charge in [-0.15, -0.1) is 0 Å². The van der Waals surface area contributed by atoms with Gasteiger partial charge in [-0.2, -0.15) is 0 Å². The number of rotatable bonds is 9. The van der Waals surface area contributed by atoms with E-state index in [-0.39, 0.29) is 5.04 Å². The Morgan fingerprint density at radius 1 is 0.760 bits per heavy atom. The summed E-state index contributed by atoms with van der Waals surface area (Å²) in [5, 5.41) is 4.12. The Bertz CT molecular complexity index is 567. The fraction of sp³-hybridized carbons (Fsp3) is 0.455. The maximum absolute atomic E-state index is 6.89. The molecule has 0 fully saturated rings. The first kappa shape index (κ1) is 20.5. The molecule has 0 N–H and O–H groups in total. The summed E-state index contributed by atoms with van der Waals surface area (Å²) in [6.07, 6.45) is 5.08. The molecule has 25 heavy (non-hydrogen) atoms. The van der Waals surface area contributed by atoms with Crippen molar-refractivity contribution >= 4 is 36.4 Å². The molecular weight excluding hydrogens is 315 g/mol. The van der Waals surface area contributed by atoms with Gasteiger partial charge in [-0.3, -0.25) is 0 Å². The van der Waals surface area contributed by atoms with Gasteiger partial charge in [-0.05, 0) is 0 Å². The van der Waals surface area contributed by atoms with Crippen molar-refractivity contribution in [2.24, 2.45) is 0 Å². The minimum atomic E-state index is -2.32. The van der Waals surface area contributed by atoms with Crippen molar-refractivity contribution in [3.8, 4) is 0 Å². The Morgan fingerprint density at radius 3 is 1.68 bits per heavy atom. The van der Waals surface area contributed by atoms with Crippen LogP contribution in [0.2, 0.25) is 10.1 Å². The van der Waals surface area contributed by atoms with Gasteiger partial charge in [0, 0.05) is 0 Å². The first-order valence-corrected chi connectivity index (χ1v) is 11.7. The molecule has 130 valence electrons. The summed E-state index contributed by atoms with van der Waals surface area (Å²) in [4.78, 5) is 0. The Labute approximate surface area is 164 Å². The molecular formula is C22H31LiOSi. The van der Waals surface area contributed by atoms with E-state index in [0.29, 0.717) is 0 Å². The molecule has 2 aromatic carbocycles. The molecule has 0 heterocycles. The second kappa shape index (κ2) is 9.79. The fourth-order valence-electron chi connectivity index (χ4n) is 3.69. The van der Waals surface area contributed by atoms with Crippen molar-refractivity contribution < 1.29 is 4.43 Å². The van der Waals surface area contributed by atoms with Crippen LogP contribution >= 0.6 is 0 Å². The molecule has 0 spiro atoms. The number of hydrogen-bond donors (Lipinski definition) is 0. The Morgan fingerprint density at radius 2 is 1.24 bits per heavy atom. The van der Waals surface area contributed by atoms with Crippen molar-refractivity contribution in [3.05, 3.63) is 60.7 Å². The predicted octanol–water partition coefficient (Wildman–Crippen LogP) is 4.71. The fourth-order valence-corrected chi connectivity index (χ4v) is 8.30. The molecule has 2 rings (SSSR count). The van der Waals surface area contributed by atoms with Crippen molar-refractivity contribution in [2.75, 3.05) is 6.61 Å². The van der Waals surface area contributed by atoms with Gasteiger partial charge >= 0.3 is 165 Å². The summed E-state index contributed by atoms with van der Waals surface area (Å²) >= 11 is 2.26. The topological polar surface area (TPSA) is 9.23 Å². The zero-order valence-electron chi connectivity index (χ0n) is 16.4. The van der Waals surface area contributed by atoms with E-state index >= 15 is 0 Å². The number of hydrogen-bond acceptors (Lipinski definition) is 1. The summed E-state index contributed by atoms with van der Waals surface area (Å²) in [6.45, 7) is 7.89. The third-order valence-corrected chi connectivity index (χ3v) is 10.0. The Kier molecular flexibility index (Phi) is 8.03. The van der Waals surface area contributed by atoms with Gasteiger partial charge in [0.15, 0.2) is 0 Å². The molecule has 0 bridgehead atoms. The average molecular weight is 347 g/mol. The normalized spacial score (nSPS) is 12.4. The van der Waals surface area contributed by atoms with Crippen LogP contribution in [0.25, 0.3) is 0 Å². The maximum atomic E-state index is 6.89. The molecule has 0 radical (unpaired) electrons. The zero-order valence-corrected chi connectivity index (χ0v) is 17.4. The number of benzene rings is 2. The molecule has 1 nitrogen and oxygen atoms in total. The molecule has 3 heteroatoms. The minimum absolute atomic E-state index is 0.0825. The van der Waals surface area contributed by atoms with Crippen LogP contribution in [0, 0.1) is 0 Å². The van der Waals surface area contributed by atoms with Gasteiger partial charge in [0.1, 0.15) is 0 Å². The Hall–Kier alpha value is -0.786. The van der Waals surface area contributed by atoms with E-state index in [1.165, 1.54) is 34.7 Å². The molecule has 0 aliphatic carbocycles. The Balaban J connectivity index is 2.33. The summed E-state index contributed by atoms with van der Waals surface area (Å²) < 4.78 is 6.89. The van der Waals surface area contributed by atoms with Gasteiger partial charge in [0.05, 0.1) is 0 Å². The van der Waals surface area contributed by atoms with E-state index in [1.54, 1.807) is 0 Å². The van der Waals surface area contributed by atoms with Crippen molar-refractivity contribution in [3.63, 3.8) is 0 Å². The van der Waals surface area contributed by atoms with Crippen molar-refractivity contribution in [1.82, 2.24) is 0 Å². The van der Waals surface area contributed by atoms with Crippen molar-refractivity contribution in [2.45, 2.75) is 56.6 Å². The molecule has 0 aromatic heterocycles. The summed E-state index contributed by atoms with van der Waals surface area (Å²) in [5.41, 5.74) is 0. The molecule has 0 atom stereocenters. The SMILES string of the molecule is [Li][CH2]CCCCCO[Si](c1ccccc1)(c1ccccc1)C(C)(C)C. The number of unbranched alkanes of at least 4 members (excludes halogenated alkanes) is 3. The van der Waals surface area contributed by atoms with E-state index in [9.17, 15) is 0 Å². The van der Waals surface area contributed by atoms with E-state index in [2.05, 4.69) is 99.1 Å². The predicted molar refractivity (Wildman–Crippen MR) is 113 cm³/mol. The van der Waals surface area contributed by atoms with Gasteiger partial charge < -0.3 is 0 Å². The molecule has 0 aliphatic heterocycles. The quantitative estimate of drug-likeness (QED) is 0.472. The van der Waals surface area contributed by atoms with E-state index < -0.39 is 8.32 Å². The van der Waals surface area contributed by atoms with Crippen LogP contribution in [0.3, 0.4) is 0 Å². The second-order valence-corrected chi connectivity index (χ2v) is 12.2. The summed E-state index contributed by atoms with van der Waals surface area (Å²) in [5.74, 6) is 0. The van der Waals surface area contributed by atoms with Gasteiger partial charge in [0.2, 0.25) is 0 Å². The van der Waals surface area contributed by atoms with Crippen LogP contribution in [0.5, 0.6) is 0 Å². The first-order valence-electron chi connectivity index (χ1n) is 9.77. The molecule has 0 saturated heterocycles. The molecule has 0 unspecified atom stereocenters. The van der Waals surface area contributed by atoms with Gasteiger partial charge in [0.25, 0.3) is 0 Å². The monoisotopic (exact) mass is 346 g/mol. The van der Waals surface area contributed by atoms with Crippen LogP contribution in [0.4, 0.5) is 0 Å². The molecule has 0 saturated carbocycles. The molecule has 0 aliphatic rings. The van der Waals surface area contributed by atoms with Crippen LogP contribution in [-0.4, -0.2) is 32.6 Å². The van der Waals surface area contributed by atoms with Crippen LogP contribution < -0.4 is 10.4 Å². The van der Waals surface area contributed by atoms with E-state index in [4.69, 9.17) is 4.43 Å². The van der Waals surface area contributed by atoms with Crippen LogP contribution in [0.1, 0.15) is 46.5 Å². The third kappa shape index (κ3) is 5.11. The van der Waals surface area contributed by atoms with E-state index in [1.807, 2.05) is 0 Å². The third-order valence-electron chi connectivity index (χ3n) is 4.98. The summed E-state index contributed by atoms with van der Waals surface area (Å²) in [6, 6.07) is 21.9.